The van der Waals surface area contributed by atoms with Gasteiger partial charge in [0.15, 0.2) is 0 Å². The van der Waals surface area contributed by atoms with Crippen LogP contribution in [0.15, 0.2) is 17.0 Å². The largest absolute Gasteiger partial charge is 0.417 e. The van der Waals surface area contributed by atoms with E-state index in [1.165, 1.54) is 0 Å². The molecule has 108 valence electrons. The molecule has 10 heteroatoms. The van der Waals surface area contributed by atoms with Crippen molar-refractivity contribution in [3.8, 4) is 0 Å². The Morgan fingerprint density at radius 3 is 1.63 bits per heavy atom. The molecule has 0 saturated carbocycles. The number of aryl methyl sites for hydroxylation is 1. The van der Waals surface area contributed by atoms with Crippen molar-refractivity contribution in [1.29, 1.82) is 0 Å². The topological polar surface area (TPSA) is 34.1 Å². The van der Waals surface area contributed by atoms with Crippen molar-refractivity contribution >= 4 is 19.7 Å². The van der Waals surface area contributed by atoms with Gasteiger partial charge in [0.2, 0.25) is 0 Å². The lowest BCUT2D eigenvalue weighted by atomic mass is 10.0. The van der Waals surface area contributed by atoms with E-state index in [1.54, 1.807) is 0 Å². The molecule has 0 amide bonds. The van der Waals surface area contributed by atoms with Crippen LogP contribution in [0.4, 0.5) is 26.3 Å². The van der Waals surface area contributed by atoms with E-state index in [9.17, 15) is 34.8 Å². The van der Waals surface area contributed by atoms with Gasteiger partial charge in [-0.3, -0.25) is 0 Å². The zero-order valence-electron chi connectivity index (χ0n) is 9.03. The van der Waals surface area contributed by atoms with Crippen molar-refractivity contribution in [1.82, 2.24) is 0 Å². The zero-order chi connectivity index (χ0) is 15.2. The molecule has 0 saturated heterocycles. The fourth-order valence-electron chi connectivity index (χ4n) is 1.42. The first-order valence-electron chi connectivity index (χ1n) is 4.48. The summed E-state index contributed by atoms with van der Waals surface area (Å²) in [6, 6.07) is -0.00141. The molecule has 0 aliphatic rings. The maximum Gasteiger partial charge on any atom is 0.417 e. The van der Waals surface area contributed by atoms with Crippen molar-refractivity contribution in [2.75, 3.05) is 0 Å². The molecular weight excluding hydrogens is 322 g/mol. The van der Waals surface area contributed by atoms with Crippen molar-refractivity contribution in [2.45, 2.75) is 24.2 Å². The third kappa shape index (κ3) is 3.53. The monoisotopic (exact) mass is 326 g/mol. The summed E-state index contributed by atoms with van der Waals surface area (Å²) in [7, 11) is 0.302. The van der Waals surface area contributed by atoms with E-state index in [2.05, 4.69) is 0 Å². The van der Waals surface area contributed by atoms with E-state index in [1.807, 2.05) is 0 Å². The van der Waals surface area contributed by atoms with Crippen LogP contribution in [0.2, 0.25) is 0 Å². The number of halogens is 7. The lowest BCUT2D eigenvalue weighted by Crippen LogP contribution is -2.18. The molecule has 0 aliphatic carbocycles. The third-order valence-corrected chi connectivity index (χ3v) is 3.65. The van der Waals surface area contributed by atoms with Gasteiger partial charge in [-0.15, -0.1) is 0 Å². The van der Waals surface area contributed by atoms with E-state index in [0.717, 1.165) is 6.92 Å². The molecule has 19 heavy (non-hydrogen) atoms. The molecule has 0 aromatic heterocycles. The van der Waals surface area contributed by atoms with Crippen molar-refractivity contribution < 1.29 is 34.8 Å². The van der Waals surface area contributed by atoms with Crippen molar-refractivity contribution in [3.05, 3.63) is 28.8 Å². The van der Waals surface area contributed by atoms with Crippen LogP contribution in [-0.4, -0.2) is 8.42 Å². The lowest BCUT2D eigenvalue weighted by Gasteiger charge is -2.17. The summed E-state index contributed by atoms with van der Waals surface area (Å²) in [6.07, 6.45) is -10.6. The average molecular weight is 327 g/mol. The summed E-state index contributed by atoms with van der Waals surface area (Å²) < 4.78 is 97.2. The fraction of sp³-hybridized carbons (Fsp3) is 0.333. The number of benzene rings is 1. The van der Waals surface area contributed by atoms with Crippen LogP contribution >= 0.6 is 10.7 Å². The Labute approximate surface area is 108 Å². The first-order chi connectivity index (χ1) is 8.24. The van der Waals surface area contributed by atoms with Crippen LogP contribution in [0.1, 0.15) is 16.7 Å². The third-order valence-electron chi connectivity index (χ3n) is 2.19. The molecule has 0 spiro atoms. The molecule has 0 heterocycles. The minimum Gasteiger partial charge on any atom is -0.207 e. The van der Waals surface area contributed by atoms with Gasteiger partial charge in [0.05, 0.1) is 16.0 Å². The predicted octanol–water partition coefficient (Wildman–Crippen LogP) is 3.96. The van der Waals surface area contributed by atoms with Gasteiger partial charge in [-0.05, 0) is 24.6 Å². The lowest BCUT2D eigenvalue weighted by molar-refractivity contribution is -0.162. The second-order valence-electron chi connectivity index (χ2n) is 3.60. The van der Waals surface area contributed by atoms with Crippen LogP contribution in [0.5, 0.6) is 0 Å². The molecule has 0 unspecified atom stereocenters. The van der Waals surface area contributed by atoms with E-state index < -0.39 is 43.0 Å². The smallest absolute Gasteiger partial charge is 0.207 e. The first-order valence-corrected chi connectivity index (χ1v) is 6.79. The number of rotatable bonds is 1. The summed E-state index contributed by atoms with van der Waals surface area (Å²) in [6.45, 7) is 0.921. The summed E-state index contributed by atoms with van der Waals surface area (Å²) in [5.41, 5.74) is -4.57. The highest BCUT2D eigenvalue weighted by atomic mass is 35.7. The Bertz CT molecular complexity index is 602. The maximum absolute atomic E-state index is 12.5. The van der Waals surface area contributed by atoms with Crippen LogP contribution in [0.3, 0.4) is 0 Å². The number of hydrogen-bond acceptors (Lipinski definition) is 2. The van der Waals surface area contributed by atoms with Crippen LogP contribution in [0.25, 0.3) is 0 Å². The minimum atomic E-state index is -5.35. The number of alkyl halides is 6. The van der Waals surface area contributed by atoms with Crippen LogP contribution in [-0.2, 0) is 21.4 Å². The van der Waals surface area contributed by atoms with E-state index in [0.29, 0.717) is 0 Å². The van der Waals surface area contributed by atoms with E-state index >= 15 is 0 Å². The molecule has 0 fully saturated rings. The van der Waals surface area contributed by atoms with Crippen molar-refractivity contribution in [2.24, 2.45) is 0 Å². The van der Waals surface area contributed by atoms with Gasteiger partial charge < -0.3 is 0 Å². The summed E-state index contributed by atoms with van der Waals surface area (Å²) in [5, 5.41) is 0. The standard InChI is InChI=1S/C9H5ClF6O2S/c1-4-2-5(8(11,12)13)6(9(14,15)16)3-7(4)19(10,17)18/h2-3H,1H3. The molecule has 0 bridgehead atoms. The summed E-state index contributed by atoms with van der Waals surface area (Å²) >= 11 is 0. The van der Waals surface area contributed by atoms with Gasteiger partial charge in [-0.1, -0.05) is 0 Å². The predicted molar refractivity (Wildman–Crippen MR) is 54.2 cm³/mol. The molecule has 1 aromatic carbocycles. The summed E-state index contributed by atoms with van der Waals surface area (Å²) in [5.74, 6) is 0. The fourth-order valence-corrected chi connectivity index (χ4v) is 2.62. The molecule has 0 aliphatic heterocycles. The van der Waals surface area contributed by atoms with Crippen LogP contribution in [0, 0.1) is 6.92 Å². The van der Waals surface area contributed by atoms with Gasteiger partial charge in [-0.25, -0.2) is 8.42 Å². The molecule has 2 nitrogen and oxygen atoms in total. The molecule has 0 radical (unpaired) electrons. The normalized spacial score (nSPS) is 13.7. The van der Waals surface area contributed by atoms with Crippen molar-refractivity contribution in [3.63, 3.8) is 0 Å². The van der Waals surface area contributed by atoms with Gasteiger partial charge in [0.1, 0.15) is 0 Å². The summed E-state index contributed by atoms with van der Waals surface area (Å²) in [4.78, 5) is -1.01. The molecule has 0 N–H and O–H groups in total. The molecule has 1 aromatic rings. The quantitative estimate of drug-likeness (QED) is 0.578. The van der Waals surface area contributed by atoms with Crippen LogP contribution < -0.4 is 0 Å². The maximum atomic E-state index is 12.5. The molecular formula is C9H5ClF6O2S. The van der Waals surface area contributed by atoms with Gasteiger partial charge in [0, 0.05) is 10.7 Å². The SMILES string of the molecule is Cc1cc(C(F)(F)F)c(C(F)(F)F)cc1S(=O)(=O)Cl. The first kappa shape index (κ1) is 16.1. The Hall–Kier alpha value is -0.960. The highest BCUT2D eigenvalue weighted by molar-refractivity contribution is 8.13. The molecule has 0 atom stereocenters. The van der Waals surface area contributed by atoms with E-state index in [4.69, 9.17) is 10.7 Å². The van der Waals surface area contributed by atoms with Gasteiger partial charge in [0.25, 0.3) is 9.05 Å². The van der Waals surface area contributed by atoms with E-state index in [-0.39, 0.29) is 12.1 Å². The average Bonchev–Trinajstić information content (AvgIpc) is 2.11. The second-order valence-corrected chi connectivity index (χ2v) is 6.13. The molecule has 1 rings (SSSR count). The van der Waals surface area contributed by atoms with Gasteiger partial charge in [-0.2, -0.15) is 26.3 Å². The highest BCUT2D eigenvalue weighted by Gasteiger charge is 2.44. The number of hydrogen-bond donors (Lipinski definition) is 0. The Kier molecular flexibility index (Phi) is 3.85. The van der Waals surface area contributed by atoms with Gasteiger partial charge >= 0.3 is 12.4 Å². The second kappa shape index (κ2) is 4.55. The Balaban J connectivity index is 3.76. The Morgan fingerprint density at radius 1 is 0.947 bits per heavy atom. The zero-order valence-corrected chi connectivity index (χ0v) is 10.6. The highest BCUT2D eigenvalue weighted by Crippen LogP contribution is 2.42. The minimum absolute atomic E-state index is 0.109. The Morgan fingerprint density at radius 2 is 1.32 bits per heavy atom.